The summed E-state index contributed by atoms with van der Waals surface area (Å²) in [7, 11) is 1.68. The first-order chi connectivity index (χ1) is 12.1. The minimum Gasteiger partial charge on any atom is -0.465 e. The normalized spacial score (nSPS) is 23.3. The van der Waals surface area contributed by atoms with Crippen LogP contribution in [0.15, 0.2) is 12.4 Å². The second-order valence-electron chi connectivity index (χ2n) is 6.28. The average Bonchev–Trinajstić information content (AvgIpc) is 3.06. The lowest BCUT2D eigenvalue weighted by Gasteiger charge is -2.28. The molecule has 1 fully saturated rings. The SMILES string of the molecule is CN(c1ncnc2sc(CC(F)(F)F)cc12)[C@H]1C[C@@H](NC(=O)O)C[C@@H]1O. The molecule has 142 valence electrons. The molecule has 0 spiro atoms. The number of hydrogen-bond donors (Lipinski definition) is 3. The van der Waals surface area contributed by atoms with Crippen molar-refractivity contribution in [3.05, 3.63) is 17.3 Å². The van der Waals surface area contributed by atoms with Gasteiger partial charge < -0.3 is 20.4 Å². The first kappa shape index (κ1) is 18.6. The van der Waals surface area contributed by atoms with Crippen LogP contribution < -0.4 is 10.2 Å². The predicted molar refractivity (Wildman–Crippen MR) is 89.6 cm³/mol. The van der Waals surface area contributed by atoms with Crippen LogP contribution in [0.5, 0.6) is 0 Å². The van der Waals surface area contributed by atoms with Crippen molar-refractivity contribution < 1.29 is 28.2 Å². The predicted octanol–water partition coefficient (Wildman–Crippen LogP) is 2.39. The molecule has 26 heavy (non-hydrogen) atoms. The van der Waals surface area contributed by atoms with Crippen LogP contribution in [0.2, 0.25) is 0 Å². The highest BCUT2D eigenvalue weighted by molar-refractivity contribution is 7.18. The van der Waals surface area contributed by atoms with E-state index in [2.05, 4.69) is 15.3 Å². The zero-order valence-corrected chi connectivity index (χ0v) is 14.5. The highest BCUT2D eigenvalue weighted by Gasteiger charge is 2.37. The van der Waals surface area contributed by atoms with Gasteiger partial charge in [0, 0.05) is 18.0 Å². The number of nitrogens with zero attached hydrogens (tertiary/aromatic N) is 3. The summed E-state index contributed by atoms with van der Waals surface area (Å²) in [6, 6.07) is 0.625. The third kappa shape index (κ3) is 3.98. The molecular formula is C15H17F3N4O3S. The van der Waals surface area contributed by atoms with E-state index < -0.39 is 36.9 Å². The minimum absolute atomic E-state index is 0.139. The third-order valence-corrected chi connectivity index (χ3v) is 5.43. The van der Waals surface area contributed by atoms with Gasteiger partial charge in [-0.05, 0) is 18.9 Å². The molecule has 3 rings (SSSR count). The van der Waals surface area contributed by atoms with Crippen LogP contribution in [0, 0.1) is 0 Å². The fourth-order valence-corrected chi connectivity index (χ4v) is 4.34. The number of anilines is 1. The number of likely N-dealkylation sites (N-methyl/N-ethyl adjacent to an activating group) is 1. The fourth-order valence-electron chi connectivity index (χ4n) is 3.32. The van der Waals surface area contributed by atoms with E-state index in [9.17, 15) is 23.1 Å². The monoisotopic (exact) mass is 390 g/mol. The van der Waals surface area contributed by atoms with Gasteiger partial charge in [-0.15, -0.1) is 11.3 Å². The van der Waals surface area contributed by atoms with E-state index in [1.54, 1.807) is 11.9 Å². The maximum absolute atomic E-state index is 12.6. The number of fused-ring (bicyclic) bond motifs is 1. The Labute approximate surface area is 150 Å². The Hall–Kier alpha value is -2.14. The Morgan fingerprint density at radius 3 is 2.81 bits per heavy atom. The van der Waals surface area contributed by atoms with Crippen LogP contribution in [-0.4, -0.2) is 57.7 Å². The number of alkyl halides is 3. The van der Waals surface area contributed by atoms with Gasteiger partial charge in [-0.25, -0.2) is 14.8 Å². The maximum Gasteiger partial charge on any atom is 0.404 e. The van der Waals surface area contributed by atoms with Crippen molar-refractivity contribution in [3.63, 3.8) is 0 Å². The van der Waals surface area contributed by atoms with Crippen LogP contribution in [0.1, 0.15) is 17.7 Å². The third-order valence-electron chi connectivity index (χ3n) is 4.39. The molecule has 0 bridgehead atoms. The molecule has 3 atom stereocenters. The maximum atomic E-state index is 12.6. The largest absolute Gasteiger partial charge is 0.465 e. The van der Waals surface area contributed by atoms with Gasteiger partial charge in [0.2, 0.25) is 0 Å². The number of nitrogens with one attached hydrogen (secondary N) is 1. The van der Waals surface area contributed by atoms with Gasteiger partial charge in [0.1, 0.15) is 17.0 Å². The van der Waals surface area contributed by atoms with Crippen LogP contribution in [-0.2, 0) is 6.42 Å². The highest BCUT2D eigenvalue weighted by atomic mass is 32.1. The van der Waals surface area contributed by atoms with Crippen LogP contribution in [0.3, 0.4) is 0 Å². The van der Waals surface area contributed by atoms with E-state index in [0.29, 0.717) is 22.5 Å². The van der Waals surface area contributed by atoms with Gasteiger partial charge >= 0.3 is 12.3 Å². The van der Waals surface area contributed by atoms with Crippen LogP contribution in [0.4, 0.5) is 23.8 Å². The van der Waals surface area contributed by atoms with Crippen molar-refractivity contribution in [2.45, 2.75) is 43.6 Å². The molecule has 0 saturated heterocycles. The highest BCUT2D eigenvalue weighted by Crippen LogP contribution is 2.35. The zero-order chi connectivity index (χ0) is 19.1. The summed E-state index contributed by atoms with van der Waals surface area (Å²) in [4.78, 5) is 21.3. The number of aromatic nitrogens is 2. The van der Waals surface area contributed by atoms with Gasteiger partial charge in [0.15, 0.2) is 0 Å². The zero-order valence-electron chi connectivity index (χ0n) is 13.7. The number of aliphatic hydroxyl groups excluding tert-OH is 1. The number of aliphatic hydroxyl groups is 1. The van der Waals surface area contributed by atoms with Gasteiger partial charge in [-0.3, -0.25) is 0 Å². The fraction of sp³-hybridized carbons (Fsp3) is 0.533. The Morgan fingerprint density at radius 1 is 1.42 bits per heavy atom. The Bertz CT molecular complexity index is 813. The first-order valence-corrected chi connectivity index (χ1v) is 8.66. The van der Waals surface area contributed by atoms with E-state index in [1.165, 1.54) is 12.4 Å². The van der Waals surface area contributed by atoms with E-state index in [1.807, 2.05) is 0 Å². The number of halogens is 3. The molecule has 1 saturated carbocycles. The standard InChI is InChI=1S/C15H17F3N4O3S/c1-22(10-2-7(3-11(10)23)21-14(24)25)12-9-4-8(5-15(16,17)18)26-13(9)20-6-19-12/h4,6-7,10-11,21,23H,2-3,5H2,1H3,(H,24,25)/t7-,10+,11+/m1/s1. The van der Waals surface area contributed by atoms with Crippen molar-refractivity contribution >= 4 is 33.5 Å². The molecule has 0 radical (unpaired) electrons. The molecule has 0 aliphatic heterocycles. The molecule has 2 heterocycles. The molecule has 7 nitrogen and oxygen atoms in total. The quantitative estimate of drug-likeness (QED) is 0.742. The average molecular weight is 390 g/mol. The molecule has 11 heteroatoms. The molecule has 2 aromatic heterocycles. The molecule has 1 aliphatic rings. The summed E-state index contributed by atoms with van der Waals surface area (Å²) in [5.41, 5.74) is 0. The van der Waals surface area contributed by atoms with Crippen molar-refractivity contribution in [1.29, 1.82) is 0 Å². The number of rotatable bonds is 4. The molecule has 1 amide bonds. The summed E-state index contributed by atoms with van der Waals surface area (Å²) >= 11 is 0.958. The summed E-state index contributed by atoms with van der Waals surface area (Å²) < 4.78 is 37.9. The summed E-state index contributed by atoms with van der Waals surface area (Å²) in [5.74, 6) is 0.416. The molecule has 1 aliphatic carbocycles. The summed E-state index contributed by atoms with van der Waals surface area (Å²) in [5, 5.41) is 21.9. The van der Waals surface area contributed by atoms with Crippen molar-refractivity contribution in [2.75, 3.05) is 11.9 Å². The van der Waals surface area contributed by atoms with Crippen molar-refractivity contribution in [3.8, 4) is 0 Å². The lowest BCUT2D eigenvalue weighted by Crippen LogP contribution is -2.38. The van der Waals surface area contributed by atoms with Crippen molar-refractivity contribution in [2.24, 2.45) is 0 Å². The molecule has 3 N–H and O–H groups in total. The molecule has 0 unspecified atom stereocenters. The van der Waals surface area contributed by atoms with Crippen LogP contribution >= 0.6 is 11.3 Å². The van der Waals surface area contributed by atoms with Gasteiger partial charge in [0.25, 0.3) is 0 Å². The van der Waals surface area contributed by atoms with Gasteiger partial charge in [-0.2, -0.15) is 13.2 Å². The lowest BCUT2D eigenvalue weighted by molar-refractivity contribution is -0.126. The molecule has 0 aromatic carbocycles. The van der Waals surface area contributed by atoms with Crippen molar-refractivity contribution in [1.82, 2.24) is 15.3 Å². The Kier molecular flexibility index (Phi) is 4.93. The second kappa shape index (κ2) is 6.88. The van der Waals surface area contributed by atoms with Crippen LogP contribution in [0.25, 0.3) is 10.2 Å². The van der Waals surface area contributed by atoms with Gasteiger partial charge in [0.05, 0.1) is 24.0 Å². The number of amides is 1. The Balaban J connectivity index is 1.86. The Morgan fingerprint density at radius 2 is 2.15 bits per heavy atom. The first-order valence-electron chi connectivity index (χ1n) is 7.84. The van der Waals surface area contributed by atoms with Gasteiger partial charge in [-0.1, -0.05) is 0 Å². The smallest absolute Gasteiger partial charge is 0.404 e. The number of carboxylic acid groups (broad SMARTS) is 1. The van der Waals surface area contributed by atoms with E-state index in [-0.39, 0.29) is 11.3 Å². The second-order valence-corrected chi connectivity index (χ2v) is 7.40. The molecular weight excluding hydrogens is 373 g/mol. The minimum atomic E-state index is -4.31. The van der Waals surface area contributed by atoms with E-state index >= 15 is 0 Å². The topological polar surface area (TPSA) is 98.6 Å². The lowest BCUT2D eigenvalue weighted by atomic mass is 10.1. The number of hydrogen-bond acceptors (Lipinski definition) is 6. The number of thiophene rings is 1. The number of carbonyl (C=O) groups is 1. The van der Waals surface area contributed by atoms with E-state index in [0.717, 1.165) is 11.3 Å². The van der Waals surface area contributed by atoms with E-state index in [4.69, 9.17) is 5.11 Å². The summed E-state index contributed by atoms with van der Waals surface area (Å²) in [6.07, 6.45) is -5.38. The summed E-state index contributed by atoms with van der Waals surface area (Å²) in [6.45, 7) is 0. The molecule has 2 aromatic rings.